The number of amides is 1. The van der Waals surface area contributed by atoms with Crippen molar-refractivity contribution in [2.75, 3.05) is 11.4 Å². The smallest absolute Gasteiger partial charge is 0.333 e. The molecule has 0 unspecified atom stereocenters. The van der Waals surface area contributed by atoms with Gasteiger partial charge >= 0.3 is 11.1 Å². The van der Waals surface area contributed by atoms with Crippen molar-refractivity contribution in [3.63, 3.8) is 0 Å². The van der Waals surface area contributed by atoms with E-state index in [9.17, 15) is 14.4 Å². The standard InChI is InChI=1S/C17H21N5O3/c1-17(2,3)18-13(23)11-22-15(25)14(24)21-10-9-20(16(21)19-22)12-7-5-4-6-8-12/h4-8H,9-11H2,1-3H3,(H,18,23). The number of anilines is 2. The van der Waals surface area contributed by atoms with Crippen LogP contribution < -0.4 is 21.3 Å². The maximum atomic E-state index is 12.4. The van der Waals surface area contributed by atoms with Gasteiger partial charge in [0, 0.05) is 24.3 Å². The Morgan fingerprint density at radius 2 is 1.80 bits per heavy atom. The molecule has 1 amide bonds. The number of rotatable bonds is 3. The van der Waals surface area contributed by atoms with Crippen molar-refractivity contribution >= 4 is 17.5 Å². The maximum absolute atomic E-state index is 12.4. The molecule has 8 nitrogen and oxygen atoms in total. The van der Waals surface area contributed by atoms with E-state index in [2.05, 4.69) is 10.4 Å². The van der Waals surface area contributed by atoms with Crippen LogP contribution in [0, 0.1) is 0 Å². The summed E-state index contributed by atoms with van der Waals surface area (Å²) in [4.78, 5) is 38.6. The number of nitrogens with one attached hydrogen (secondary N) is 1. The van der Waals surface area contributed by atoms with Crippen molar-refractivity contribution in [1.82, 2.24) is 19.7 Å². The molecular formula is C17H21N5O3. The summed E-state index contributed by atoms with van der Waals surface area (Å²) >= 11 is 0. The fraction of sp³-hybridized carbons (Fsp3) is 0.412. The zero-order chi connectivity index (χ0) is 18.2. The second kappa shape index (κ2) is 6.19. The topological polar surface area (TPSA) is 89.2 Å². The summed E-state index contributed by atoms with van der Waals surface area (Å²) in [7, 11) is 0. The van der Waals surface area contributed by atoms with E-state index in [1.807, 2.05) is 56.0 Å². The van der Waals surface area contributed by atoms with E-state index < -0.39 is 16.7 Å². The van der Waals surface area contributed by atoms with Gasteiger partial charge in [-0.2, -0.15) is 0 Å². The first kappa shape index (κ1) is 16.9. The molecule has 2 heterocycles. The highest BCUT2D eigenvalue weighted by Gasteiger charge is 2.26. The van der Waals surface area contributed by atoms with Gasteiger partial charge < -0.3 is 10.2 Å². The van der Waals surface area contributed by atoms with Crippen LogP contribution >= 0.6 is 0 Å². The Labute approximate surface area is 144 Å². The normalized spacial score (nSPS) is 13.6. The van der Waals surface area contributed by atoms with E-state index in [0.717, 1.165) is 10.4 Å². The van der Waals surface area contributed by atoms with Crippen LogP contribution in [0.2, 0.25) is 0 Å². The molecule has 0 aliphatic carbocycles. The highest BCUT2D eigenvalue weighted by molar-refractivity contribution is 5.76. The summed E-state index contributed by atoms with van der Waals surface area (Å²) in [5, 5.41) is 7.04. The molecular weight excluding hydrogens is 322 g/mol. The highest BCUT2D eigenvalue weighted by Crippen LogP contribution is 2.25. The summed E-state index contributed by atoms with van der Waals surface area (Å²) < 4.78 is 2.30. The largest absolute Gasteiger partial charge is 0.350 e. The van der Waals surface area contributed by atoms with Crippen LogP contribution in [0.3, 0.4) is 0 Å². The lowest BCUT2D eigenvalue weighted by atomic mass is 10.1. The average molecular weight is 343 g/mol. The SMILES string of the molecule is CC(C)(C)NC(=O)Cn1nc2n(c(=O)c1=O)CCN2c1ccccc1. The molecule has 1 aliphatic heterocycles. The van der Waals surface area contributed by atoms with Gasteiger partial charge in [-0.1, -0.05) is 18.2 Å². The van der Waals surface area contributed by atoms with Crippen LogP contribution in [0.5, 0.6) is 0 Å². The maximum Gasteiger partial charge on any atom is 0.333 e. The quantitative estimate of drug-likeness (QED) is 0.819. The fourth-order valence-corrected chi connectivity index (χ4v) is 2.78. The highest BCUT2D eigenvalue weighted by atomic mass is 16.2. The summed E-state index contributed by atoms with van der Waals surface area (Å²) in [5.74, 6) is 0.00932. The Morgan fingerprint density at radius 1 is 1.12 bits per heavy atom. The van der Waals surface area contributed by atoms with E-state index in [4.69, 9.17) is 0 Å². The minimum Gasteiger partial charge on any atom is -0.350 e. The summed E-state index contributed by atoms with van der Waals surface area (Å²) in [5.41, 5.74) is -0.998. The third-order valence-electron chi connectivity index (χ3n) is 3.78. The van der Waals surface area contributed by atoms with Crippen molar-refractivity contribution < 1.29 is 4.79 Å². The molecule has 0 saturated carbocycles. The molecule has 3 rings (SSSR count). The Morgan fingerprint density at radius 3 is 2.44 bits per heavy atom. The van der Waals surface area contributed by atoms with E-state index in [-0.39, 0.29) is 12.5 Å². The predicted molar refractivity (Wildman–Crippen MR) is 94.1 cm³/mol. The van der Waals surface area contributed by atoms with Gasteiger partial charge in [0.25, 0.3) is 0 Å². The number of aromatic nitrogens is 3. The first-order chi connectivity index (χ1) is 11.8. The third kappa shape index (κ3) is 3.47. The number of hydrogen-bond acceptors (Lipinski definition) is 5. The second-order valence-corrected chi connectivity index (χ2v) is 7.00. The minimum absolute atomic E-state index is 0.290. The summed E-state index contributed by atoms with van der Waals surface area (Å²) in [6.45, 7) is 6.17. The second-order valence-electron chi connectivity index (χ2n) is 7.00. The molecule has 0 atom stereocenters. The zero-order valence-electron chi connectivity index (χ0n) is 14.5. The molecule has 0 saturated heterocycles. The third-order valence-corrected chi connectivity index (χ3v) is 3.78. The minimum atomic E-state index is -0.789. The molecule has 2 aromatic rings. The zero-order valence-corrected chi connectivity index (χ0v) is 14.5. The number of fused-ring (bicyclic) bond motifs is 1. The molecule has 1 aromatic heterocycles. The summed E-state index contributed by atoms with van der Waals surface area (Å²) in [6, 6.07) is 9.50. The molecule has 0 radical (unpaired) electrons. The number of hydrogen-bond donors (Lipinski definition) is 1. The van der Waals surface area contributed by atoms with Gasteiger partial charge in [-0.25, -0.2) is 4.68 Å². The van der Waals surface area contributed by atoms with Gasteiger partial charge in [0.15, 0.2) is 0 Å². The van der Waals surface area contributed by atoms with Gasteiger partial charge in [-0.3, -0.25) is 19.0 Å². The van der Waals surface area contributed by atoms with Crippen molar-refractivity contribution in [3.8, 4) is 0 Å². The van der Waals surface area contributed by atoms with Crippen molar-refractivity contribution in [2.24, 2.45) is 0 Å². The lowest BCUT2D eigenvalue weighted by Gasteiger charge is -2.21. The number of carbonyl (C=O) groups excluding carboxylic acids is 1. The van der Waals surface area contributed by atoms with Gasteiger partial charge in [-0.05, 0) is 32.9 Å². The van der Waals surface area contributed by atoms with Crippen LogP contribution in [-0.4, -0.2) is 32.3 Å². The predicted octanol–water partition coefficient (Wildman–Crippen LogP) is 0.471. The number of nitrogens with zero attached hydrogens (tertiary/aromatic N) is 4. The van der Waals surface area contributed by atoms with Crippen molar-refractivity contribution in [2.45, 2.75) is 39.4 Å². The Kier molecular flexibility index (Phi) is 4.20. The van der Waals surface area contributed by atoms with Crippen molar-refractivity contribution in [1.29, 1.82) is 0 Å². The molecule has 1 N–H and O–H groups in total. The number of carbonyl (C=O) groups is 1. The van der Waals surface area contributed by atoms with E-state index >= 15 is 0 Å². The first-order valence-corrected chi connectivity index (χ1v) is 8.12. The van der Waals surface area contributed by atoms with E-state index in [1.54, 1.807) is 0 Å². The van der Waals surface area contributed by atoms with E-state index in [1.165, 1.54) is 4.57 Å². The number of benzene rings is 1. The van der Waals surface area contributed by atoms with Crippen LogP contribution in [0.1, 0.15) is 20.8 Å². The van der Waals surface area contributed by atoms with Crippen LogP contribution in [0.25, 0.3) is 0 Å². The van der Waals surface area contributed by atoms with Gasteiger partial charge in [-0.15, -0.1) is 5.10 Å². The lowest BCUT2D eigenvalue weighted by Crippen LogP contribution is -2.47. The first-order valence-electron chi connectivity index (χ1n) is 8.12. The lowest BCUT2D eigenvalue weighted by molar-refractivity contribution is -0.123. The van der Waals surface area contributed by atoms with Gasteiger partial charge in [0.1, 0.15) is 6.54 Å². The molecule has 1 aromatic carbocycles. The number of para-hydroxylation sites is 1. The van der Waals surface area contributed by atoms with Crippen molar-refractivity contribution in [3.05, 3.63) is 51.0 Å². The van der Waals surface area contributed by atoms with Gasteiger partial charge in [0.2, 0.25) is 11.9 Å². The average Bonchev–Trinajstić information content (AvgIpc) is 2.95. The fourth-order valence-electron chi connectivity index (χ4n) is 2.78. The molecule has 25 heavy (non-hydrogen) atoms. The molecule has 1 aliphatic rings. The van der Waals surface area contributed by atoms with Crippen LogP contribution in [0.15, 0.2) is 39.9 Å². The van der Waals surface area contributed by atoms with Gasteiger partial charge in [0.05, 0.1) is 0 Å². The monoisotopic (exact) mass is 343 g/mol. The summed E-state index contributed by atoms with van der Waals surface area (Å²) in [6.07, 6.45) is 0. The molecule has 0 bridgehead atoms. The molecule has 0 spiro atoms. The molecule has 8 heteroatoms. The molecule has 132 valence electrons. The van der Waals surface area contributed by atoms with Crippen LogP contribution in [0.4, 0.5) is 11.6 Å². The van der Waals surface area contributed by atoms with Crippen LogP contribution in [-0.2, 0) is 17.9 Å². The Hall–Kier alpha value is -2.90. The Bertz CT molecular complexity index is 909. The Balaban J connectivity index is 1.98. The molecule has 0 fully saturated rings. The van der Waals surface area contributed by atoms with E-state index in [0.29, 0.717) is 19.0 Å².